The second-order valence-corrected chi connectivity index (χ2v) is 16.1. The Hall–Kier alpha value is -4.77. The first-order valence-corrected chi connectivity index (χ1v) is 20.0. The summed E-state index contributed by atoms with van der Waals surface area (Å²) in [6, 6.07) is 19.9. The molecule has 3 aliphatic rings. The van der Waals surface area contributed by atoms with Crippen LogP contribution < -0.4 is 36.2 Å². The van der Waals surface area contributed by atoms with Crippen molar-refractivity contribution in [3.8, 4) is 5.75 Å². The van der Waals surface area contributed by atoms with E-state index < -0.39 is 11.9 Å². The van der Waals surface area contributed by atoms with Crippen LogP contribution in [0.5, 0.6) is 5.75 Å². The SMILES string of the molecule is COc1cc(N2CCC(NCc3ccc4c(c3)CN(C3CCC(=O)NC3=O)C4=O)CC2)ccc1Nc1ncc(Cl)c(Nc2ccccc2P(C)C)n1. The Balaban J connectivity index is 0.933. The van der Waals surface area contributed by atoms with Gasteiger partial charge in [0.1, 0.15) is 16.8 Å². The Bertz CT molecular complexity index is 2000. The molecule has 2 saturated heterocycles. The molecule has 3 aromatic carbocycles. The van der Waals surface area contributed by atoms with Crippen molar-refractivity contribution < 1.29 is 19.1 Å². The van der Waals surface area contributed by atoms with Crippen LogP contribution in [0.15, 0.2) is 66.9 Å². The van der Waals surface area contributed by atoms with E-state index in [1.54, 1.807) is 18.2 Å². The summed E-state index contributed by atoms with van der Waals surface area (Å²) >= 11 is 6.49. The van der Waals surface area contributed by atoms with Gasteiger partial charge in [-0.1, -0.05) is 49.9 Å². The molecule has 270 valence electrons. The predicted molar refractivity (Wildman–Crippen MR) is 206 cm³/mol. The molecule has 1 unspecified atom stereocenters. The van der Waals surface area contributed by atoms with E-state index >= 15 is 0 Å². The molecule has 0 radical (unpaired) electrons. The molecule has 12 nitrogen and oxygen atoms in total. The number of anilines is 5. The van der Waals surface area contributed by atoms with E-state index in [9.17, 15) is 14.4 Å². The summed E-state index contributed by atoms with van der Waals surface area (Å²) in [5, 5.41) is 14.4. The molecule has 1 aromatic heterocycles. The zero-order valence-electron chi connectivity index (χ0n) is 29.4. The topological polar surface area (TPSA) is 141 Å². The maximum absolute atomic E-state index is 13.1. The van der Waals surface area contributed by atoms with Gasteiger partial charge in [0, 0.05) is 61.6 Å². The van der Waals surface area contributed by atoms with Gasteiger partial charge in [-0.25, -0.2) is 4.98 Å². The molecule has 52 heavy (non-hydrogen) atoms. The van der Waals surface area contributed by atoms with E-state index in [0.717, 1.165) is 54.1 Å². The number of aromatic nitrogens is 2. The van der Waals surface area contributed by atoms with Crippen LogP contribution in [0, 0.1) is 0 Å². The average molecular weight is 741 g/mol. The number of fused-ring (bicyclic) bond motifs is 1. The van der Waals surface area contributed by atoms with Crippen LogP contribution in [0.2, 0.25) is 5.02 Å². The first kappa shape index (κ1) is 35.6. The van der Waals surface area contributed by atoms with Gasteiger partial charge in [0.05, 0.1) is 19.0 Å². The maximum atomic E-state index is 13.1. The summed E-state index contributed by atoms with van der Waals surface area (Å²) in [4.78, 5) is 50.1. The molecule has 7 rings (SSSR count). The largest absolute Gasteiger partial charge is 0.494 e. The number of para-hydroxylation sites is 1. The molecular formula is C38H42ClN8O4P. The predicted octanol–water partition coefficient (Wildman–Crippen LogP) is 5.51. The average Bonchev–Trinajstić information content (AvgIpc) is 3.47. The van der Waals surface area contributed by atoms with Crippen LogP contribution >= 0.6 is 19.5 Å². The number of amides is 3. The lowest BCUT2D eigenvalue weighted by molar-refractivity contribution is -0.136. The van der Waals surface area contributed by atoms with E-state index in [0.29, 0.717) is 53.7 Å². The number of nitrogens with zero attached hydrogens (tertiary/aromatic N) is 4. The number of ether oxygens (including phenoxy) is 1. The molecule has 0 saturated carbocycles. The summed E-state index contributed by atoms with van der Waals surface area (Å²) < 4.78 is 5.78. The fraction of sp³-hybridized carbons (Fsp3) is 0.342. The first-order valence-electron chi connectivity index (χ1n) is 17.4. The highest BCUT2D eigenvalue weighted by molar-refractivity contribution is 7.64. The van der Waals surface area contributed by atoms with E-state index in [1.807, 2.05) is 42.5 Å². The highest BCUT2D eigenvalue weighted by Crippen LogP contribution is 2.35. The molecule has 4 heterocycles. The molecule has 3 amide bonds. The molecular weight excluding hydrogens is 699 g/mol. The number of piperidine rings is 2. The monoisotopic (exact) mass is 740 g/mol. The Kier molecular flexibility index (Phi) is 10.6. The summed E-state index contributed by atoms with van der Waals surface area (Å²) in [7, 11) is 1.33. The van der Waals surface area contributed by atoms with E-state index in [2.05, 4.69) is 67.7 Å². The van der Waals surface area contributed by atoms with Crippen molar-refractivity contribution in [3.63, 3.8) is 0 Å². The molecule has 3 aliphatic heterocycles. The third-order valence-corrected chi connectivity index (χ3v) is 11.5. The number of imide groups is 1. The van der Waals surface area contributed by atoms with Crippen molar-refractivity contribution in [1.29, 1.82) is 0 Å². The lowest BCUT2D eigenvalue weighted by Crippen LogP contribution is -2.52. The normalized spacial score (nSPS) is 17.7. The van der Waals surface area contributed by atoms with Crippen LogP contribution in [0.4, 0.5) is 28.8 Å². The summed E-state index contributed by atoms with van der Waals surface area (Å²) in [5.74, 6) is 0.784. The van der Waals surface area contributed by atoms with Gasteiger partial charge < -0.3 is 30.5 Å². The number of hydrogen-bond acceptors (Lipinski definition) is 10. The molecule has 0 bridgehead atoms. The molecule has 0 spiro atoms. The molecule has 1 atom stereocenters. The highest BCUT2D eigenvalue weighted by Gasteiger charge is 2.39. The Morgan fingerprint density at radius 3 is 2.56 bits per heavy atom. The second kappa shape index (κ2) is 15.5. The zero-order chi connectivity index (χ0) is 36.4. The van der Waals surface area contributed by atoms with Gasteiger partial charge in [0.2, 0.25) is 17.8 Å². The second-order valence-electron chi connectivity index (χ2n) is 13.5. The number of nitrogens with one attached hydrogen (secondary N) is 4. The van der Waals surface area contributed by atoms with Crippen LogP contribution in [0.25, 0.3) is 0 Å². The summed E-state index contributed by atoms with van der Waals surface area (Å²) in [6.45, 7) is 7.27. The minimum atomic E-state index is -0.607. The van der Waals surface area contributed by atoms with Gasteiger partial charge in [0.15, 0.2) is 5.82 Å². The van der Waals surface area contributed by atoms with Gasteiger partial charge in [-0.3, -0.25) is 19.7 Å². The van der Waals surface area contributed by atoms with E-state index in [-0.39, 0.29) is 26.2 Å². The Morgan fingerprint density at radius 1 is 0.981 bits per heavy atom. The maximum Gasteiger partial charge on any atom is 0.255 e. The highest BCUT2D eigenvalue weighted by atomic mass is 35.5. The standard InChI is InChI=1S/C38H42ClN8O4P/c1-51-32-19-26(9-11-29(32)43-38-41-21-28(39)35(45-38)42-30-6-4-5-7-33(30)52(2)3)46-16-14-25(15-17-46)40-20-23-8-10-27-24(18-23)22-47(37(27)50)31-12-13-34(48)44-36(31)49/h4-11,18-19,21,25,31,40H,12-17,20,22H2,1-3H3,(H,44,48,49)(H2,41,42,43,45). The lowest BCUT2D eigenvalue weighted by atomic mass is 10.0. The van der Waals surface area contributed by atoms with Gasteiger partial charge in [-0.05, 0) is 73.3 Å². The van der Waals surface area contributed by atoms with Crippen LogP contribution in [-0.2, 0) is 22.7 Å². The number of carbonyl (C=O) groups is 3. The molecule has 4 aromatic rings. The van der Waals surface area contributed by atoms with E-state index in [4.69, 9.17) is 16.3 Å². The molecule has 0 aliphatic carbocycles. The van der Waals surface area contributed by atoms with Crippen molar-refractivity contribution >= 4 is 71.4 Å². The fourth-order valence-electron chi connectivity index (χ4n) is 7.05. The lowest BCUT2D eigenvalue weighted by Gasteiger charge is -2.34. The van der Waals surface area contributed by atoms with Crippen molar-refractivity contribution in [2.24, 2.45) is 0 Å². The fourth-order valence-corrected chi connectivity index (χ4v) is 8.19. The molecule has 2 fully saturated rings. The zero-order valence-corrected chi connectivity index (χ0v) is 31.1. The van der Waals surface area contributed by atoms with Crippen molar-refractivity contribution in [3.05, 3.63) is 88.6 Å². The smallest absolute Gasteiger partial charge is 0.255 e. The first-order chi connectivity index (χ1) is 25.2. The number of benzene rings is 3. The van der Waals surface area contributed by atoms with Gasteiger partial charge >= 0.3 is 0 Å². The van der Waals surface area contributed by atoms with Crippen molar-refractivity contribution in [2.75, 3.05) is 49.1 Å². The minimum Gasteiger partial charge on any atom is -0.494 e. The third kappa shape index (κ3) is 7.70. The van der Waals surface area contributed by atoms with Crippen LogP contribution in [0.3, 0.4) is 0 Å². The molecule has 14 heteroatoms. The van der Waals surface area contributed by atoms with E-state index in [1.165, 1.54) is 5.30 Å². The summed E-state index contributed by atoms with van der Waals surface area (Å²) in [6.07, 6.45) is 4.14. The Morgan fingerprint density at radius 2 is 1.79 bits per heavy atom. The van der Waals surface area contributed by atoms with Crippen molar-refractivity contribution in [1.82, 2.24) is 25.5 Å². The van der Waals surface area contributed by atoms with Crippen LogP contribution in [0.1, 0.15) is 47.2 Å². The minimum absolute atomic E-state index is 0.152. The number of hydrogen-bond donors (Lipinski definition) is 4. The number of methoxy groups -OCH3 is 1. The summed E-state index contributed by atoms with van der Waals surface area (Å²) in [5.41, 5.74) is 5.45. The number of rotatable bonds is 11. The molecule has 4 N–H and O–H groups in total. The van der Waals surface area contributed by atoms with Crippen molar-refractivity contribution in [2.45, 2.75) is 50.9 Å². The van der Waals surface area contributed by atoms with Crippen LogP contribution in [-0.4, -0.2) is 78.2 Å². The number of carbonyl (C=O) groups excluding carboxylic acids is 3. The van der Waals surface area contributed by atoms with Gasteiger partial charge in [-0.15, -0.1) is 0 Å². The van der Waals surface area contributed by atoms with Gasteiger partial charge in [0.25, 0.3) is 5.91 Å². The third-order valence-electron chi connectivity index (χ3n) is 9.86. The quantitative estimate of drug-likeness (QED) is 0.115. The Labute approximate surface area is 309 Å². The van der Waals surface area contributed by atoms with Gasteiger partial charge in [-0.2, -0.15) is 4.98 Å². The number of halogens is 1.